The fourth-order valence-electron chi connectivity index (χ4n) is 3.38. The first-order chi connectivity index (χ1) is 13.8. The Bertz CT molecular complexity index is 988. The van der Waals surface area contributed by atoms with E-state index in [1.165, 1.54) is 4.31 Å². The average Bonchev–Trinajstić information content (AvgIpc) is 2.72. The number of rotatable bonds is 7. The van der Waals surface area contributed by atoms with Gasteiger partial charge in [-0.2, -0.15) is 0 Å². The summed E-state index contributed by atoms with van der Waals surface area (Å²) in [6, 6.07) is 12.5. The molecule has 1 aliphatic heterocycles. The van der Waals surface area contributed by atoms with E-state index >= 15 is 0 Å². The van der Waals surface area contributed by atoms with Gasteiger partial charge >= 0.3 is 0 Å². The SMILES string of the molecule is CC[C@H](C)NC(=O)COc1ccc(S(=O)(=O)N2CCCc3ccccc32)cc1C. The van der Waals surface area contributed by atoms with Crippen LogP contribution in [0.15, 0.2) is 47.4 Å². The van der Waals surface area contributed by atoms with Crippen LogP contribution in [-0.4, -0.2) is 33.5 Å². The summed E-state index contributed by atoms with van der Waals surface area (Å²) < 4.78 is 33.6. The van der Waals surface area contributed by atoms with E-state index in [1.54, 1.807) is 25.1 Å². The summed E-state index contributed by atoms with van der Waals surface area (Å²) in [5, 5.41) is 2.84. The topological polar surface area (TPSA) is 75.7 Å². The van der Waals surface area contributed by atoms with E-state index in [0.717, 1.165) is 30.5 Å². The minimum atomic E-state index is -3.67. The normalized spacial score (nSPS) is 14.8. The predicted molar refractivity (Wildman–Crippen MR) is 114 cm³/mol. The fourth-order valence-corrected chi connectivity index (χ4v) is 5.01. The van der Waals surface area contributed by atoms with Crippen LogP contribution in [0, 0.1) is 6.92 Å². The fraction of sp³-hybridized carbons (Fsp3) is 0.409. The molecule has 0 bridgehead atoms. The van der Waals surface area contributed by atoms with Crippen molar-refractivity contribution >= 4 is 21.6 Å². The molecule has 6 nitrogen and oxygen atoms in total. The van der Waals surface area contributed by atoms with Gasteiger partial charge in [0, 0.05) is 12.6 Å². The highest BCUT2D eigenvalue weighted by molar-refractivity contribution is 7.92. The molecule has 1 heterocycles. The Hall–Kier alpha value is -2.54. The third-order valence-corrected chi connectivity index (χ3v) is 6.99. The number of benzene rings is 2. The summed E-state index contributed by atoms with van der Waals surface area (Å²) in [6.45, 7) is 6.08. The van der Waals surface area contributed by atoms with Crippen LogP contribution >= 0.6 is 0 Å². The third-order valence-electron chi connectivity index (χ3n) is 5.18. The van der Waals surface area contributed by atoms with Crippen LogP contribution in [0.5, 0.6) is 5.75 Å². The third kappa shape index (κ3) is 4.72. The quantitative estimate of drug-likeness (QED) is 0.750. The monoisotopic (exact) mass is 416 g/mol. The molecule has 3 rings (SSSR count). The van der Waals surface area contributed by atoms with Crippen LogP contribution in [0.25, 0.3) is 0 Å². The first kappa shape index (κ1) is 21.2. The van der Waals surface area contributed by atoms with Gasteiger partial charge in [0.05, 0.1) is 10.6 Å². The summed E-state index contributed by atoms with van der Waals surface area (Å²) in [7, 11) is -3.67. The smallest absolute Gasteiger partial charge is 0.264 e. The Labute approximate surface area is 172 Å². The van der Waals surface area contributed by atoms with Crippen molar-refractivity contribution in [2.45, 2.75) is 51.0 Å². The lowest BCUT2D eigenvalue weighted by molar-refractivity contribution is -0.123. The van der Waals surface area contributed by atoms with E-state index in [1.807, 2.05) is 38.1 Å². The van der Waals surface area contributed by atoms with Gasteiger partial charge in [0.15, 0.2) is 6.61 Å². The molecule has 0 unspecified atom stereocenters. The molecule has 0 saturated heterocycles. The Kier molecular flexibility index (Phi) is 6.47. The zero-order valence-corrected chi connectivity index (χ0v) is 18.0. The van der Waals surface area contributed by atoms with Crippen molar-refractivity contribution in [3.05, 3.63) is 53.6 Å². The van der Waals surface area contributed by atoms with Crippen molar-refractivity contribution in [2.75, 3.05) is 17.5 Å². The maximum Gasteiger partial charge on any atom is 0.264 e. The number of amides is 1. The molecule has 1 amide bonds. The maximum atomic E-state index is 13.3. The first-order valence-corrected chi connectivity index (χ1v) is 11.4. The molecule has 2 aromatic carbocycles. The number of nitrogens with zero attached hydrogens (tertiary/aromatic N) is 1. The van der Waals surface area contributed by atoms with Crippen molar-refractivity contribution < 1.29 is 17.9 Å². The van der Waals surface area contributed by atoms with Gasteiger partial charge in [0.2, 0.25) is 0 Å². The van der Waals surface area contributed by atoms with Crippen molar-refractivity contribution in [3.63, 3.8) is 0 Å². The first-order valence-electron chi connectivity index (χ1n) is 9.96. The van der Waals surface area contributed by atoms with Gasteiger partial charge in [-0.1, -0.05) is 25.1 Å². The van der Waals surface area contributed by atoms with Gasteiger partial charge in [-0.05, 0) is 68.5 Å². The summed E-state index contributed by atoms with van der Waals surface area (Å²) in [5.41, 5.74) is 2.47. The Morgan fingerprint density at radius 3 is 2.72 bits per heavy atom. The minimum absolute atomic E-state index is 0.0899. The Morgan fingerprint density at radius 1 is 1.24 bits per heavy atom. The highest BCUT2D eigenvalue weighted by atomic mass is 32.2. The number of nitrogens with one attached hydrogen (secondary N) is 1. The molecule has 29 heavy (non-hydrogen) atoms. The number of anilines is 1. The van der Waals surface area contributed by atoms with Gasteiger partial charge < -0.3 is 10.1 Å². The number of carbonyl (C=O) groups is 1. The highest BCUT2D eigenvalue weighted by Crippen LogP contribution is 2.33. The lowest BCUT2D eigenvalue weighted by atomic mass is 10.0. The van der Waals surface area contributed by atoms with Crippen molar-refractivity contribution in [3.8, 4) is 5.75 Å². The van der Waals surface area contributed by atoms with Crippen LogP contribution in [-0.2, 0) is 21.2 Å². The number of hydrogen-bond donors (Lipinski definition) is 1. The van der Waals surface area contributed by atoms with Crippen molar-refractivity contribution in [1.29, 1.82) is 0 Å². The zero-order valence-electron chi connectivity index (χ0n) is 17.1. The van der Waals surface area contributed by atoms with Crippen molar-refractivity contribution in [1.82, 2.24) is 5.32 Å². The van der Waals surface area contributed by atoms with Gasteiger partial charge in [-0.3, -0.25) is 9.10 Å². The number of sulfonamides is 1. The van der Waals surface area contributed by atoms with E-state index in [-0.39, 0.29) is 23.5 Å². The molecule has 0 fully saturated rings. The Morgan fingerprint density at radius 2 is 2.00 bits per heavy atom. The van der Waals surface area contributed by atoms with Crippen LogP contribution in [0.1, 0.15) is 37.8 Å². The molecule has 1 N–H and O–H groups in total. The second-order valence-electron chi connectivity index (χ2n) is 7.40. The molecule has 0 saturated carbocycles. The number of aryl methyl sites for hydroxylation is 2. The molecule has 156 valence electrons. The molecular weight excluding hydrogens is 388 g/mol. The molecule has 1 aliphatic rings. The number of carbonyl (C=O) groups excluding carboxylic acids is 1. The van der Waals surface area contributed by atoms with Gasteiger partial charge in [0.25, 0.3) is 15.9 Å². The van der Waals surface area contributed by atoms with Crippen LogP contribution in [0.3, 0.4) is 0 Å². The highest BCUT2D eigenvalue weighted by Gasteiger charge is 2.29. The minimum Gasteiger partial charge on any atom is -0.484 e. The largest absolute Gasteiger partial charge is 0.484 e. The number of fused-ring (bicyclic) bond motifs is 1. The lowest BCUT2D eigenvalue weighted by Gasteiger charge is -2.30. The summed E-state index contributed by atoms with van der Waals surface area (Å²) in [5.74, 6) is 0.308. The molecule has 0 radical (unpaired) electrons. The van der Waals surface area contributed by atoms with Gasteiger partial charge in [0.1, 0.15) is 5.75 Å². The zero-order chi connectivity index (χ0) is 21.0. The average molecular weight is 417 g/mol. The molecule has 0 aliphatic carbocycles. The van der Waals surface area contributed by atoms with Gasteiger partial charge in [-0.25, -0.2) is 8.42 Å². The molecule has 2 aromatic rings. The van der Waals surface area contributed by atoms with E-state index in [2.05, 4.69) is 5.32 Å². The summed E-state index contributed by atoms with van der Waals surface area (Å²) >= 11 is 0. The second-order valence-corrected chi connectivity index (χ2v) is 9.26. The maximum absolute atomic E-state index is 13.3. The predicted octanol–water partition coefficient (Wildman–Crippen LogP) is 3.43. The molecule has 1 atom stereocenters. The molecule has 0 aromatic heterocycles. The standard InChI is InChI=1S/C22H28N2O4S/c1-4-17(3)23-22(25)15-28-21-12-11-19(14-16(21)2)29(26,27)24-13-7-9-18-8-5-6-10-20(18)24/h5-6,8,10-12,14,17H,4,7,9,13,15H2,1-3H3,(H,23,25)/t17-/m0/s1. The van der Waals surface area contributed by atoms with Crippen LogP contribution in [0.4, 0.5) is 5.69 Å². The summed E-state index contributed by atoms with van der Waals surface area (Å²) in [6.07, 6.45) is 2.52. The summed E-state index contributed by atoms with van der Waals surface area (Å²) in [4.78, 5) is 12.1. The number of ether oxygens (including phenoxy) is 1. The number of hydrogen-bond acceptors (Lipinski definition) is 4. The van der Waals surface area contributed by atoms with Gasteiger partial charge in [-0.15, -0.1) is 0 Å². The van der Waals surface area contributed by atoms with Crippen molar-refractivity contribution in [2.24, 2.45) is 0 Å². The van der Waals surface area contributed by atoms with E-state index in [4.69, 9.17) is 4.74 Å². The molecular formula is C22H28N2O4S. The van der Waals surface area contributed by atoms with E-state index in [9.17, 15) is 13.2 Å². The van der Waals surface area contributed by atoms with Crippen LogP contribution < -0.4 is 14.4 Å². The van der Waals surface area contributed by atoms with E-state index in [0.29, 0.717) is 17.9 Å². The molecule has 7 heteroatoms. The van der Waals surface area contributed by atoms with E-state index < -0.39 is 10.0 Å². The Balaban J connectivity index is 1.77. The second kappa shape index (κ2) is 8.86. The lowest BCUT2D eigenvalue weighted by Crippen LogP contribution is -2.36. The number of para-hydroxylation sites is 1. The van der Waals surface area contributed by atoms with Crippen LogP contribution in [0.2, 0.25) is 0 Å². The molecule has 0 spiro atoms.